The molecule has 1 aromatic heterocycles. The molecule has 0 saturated carbocycles. The fourth-order valence-electron chi connectivity index (χ4n) is 1.93. The third-order valence-electron chi connectivity index (χ3n) is 2.49. The number of imidazole rings is 1. The van der Waals surface area contributed by atoms with Gasteiger partial charge in [0.05, 0.1) is 5.69 Å². The Labute approximate surface area is 72.8 Å². The van der Waals surface area contributed by atoms with E-state index in [0.29, 0.717) is 0 Å². The summed E-state index contributed by atoms with van der Waals surface area (Å²) in [5.74, 6) is 1.16. The lowest BCUT2D eigenvalue weighted by Crippen LogP contribution is -2.24. The van der Waals surface area contributed by atoms with Crippen molar-refractivity contribution < 1.29 is 0 Å². The topological polar surface area (TPSA) is 29.9 Å². The van der Waals surface area contributed by atoms with E-state index in [-0.39, 0.29) is 0 Å². The van der Waals surface area contributed by atoms with E-state index in [4.69, 9.17) is 0 Å². The molecule has 1 aliphatic heterocycles. The van der Waals surface area contributed by atoms with Gasteiger partial charge in [-0.25, -0.2) is 4.98 Å². The van der Waals surface area contributed by atoms with Crippen molar-refractivity contribution >= 4 is 0 Å². The summed E-state index contributed by atoms with van der Waals surface area (Å²) >= 11 is 0. The molecule has 3 nitrogen and oxygen atoms in total. The van der Waals surface area contributed by atoms with E-state index in [1.165, 1.54) is 11.4 Å². The average Bonchev–Trinajstić information content (AvgIpc) is 2.40. The Morgan fingerprint density at radius 1 is 1.58 bits per heavy atom. The molecule has 0 aromatic carbocycles. The van der Waals surface area contributed by atoms with Gasteiger partial charge in [0.25, 0.3) is 0 Å². The Morgan fingerprint density at radius 2 is 2.42 bits per heavy atom. The fraction of sp³-hybridized carbons (Fsp3) is 0.667. The molecule has 0 atom stereocenters. The standard InChI is InChI=1S/C9H15N3/c1-3-12-7(2)11-8-6-10-5-4-9(8)12/h10H,3-6H2,1-2H3. The van der Waals surface area contributed by atoms with Crippen LogP contribution in [-0.2, 0) is 19.5 Å². The highest BCUT2D eigenvalue weighted by Gasteiger charge is 2.15. The van der Waals surface area contributed by atoms with Crippen molar-refractivity contribution in [2.24, 2.45) is 0 Å². The zero-order valence-electron chi connectivity index (χ0n) is 7.72. The summed E-state index contributed by atoms with van der Waals surface area (Å²) in [7, 11) is 0. The molecule has 1 aromatic rings. The third kappa shape index (κ3) is 1.05. The van der Waals surface area contributed by atoms with E-state index >= 15 is 0 Å². The molecule has 2 heterocycles. The van der Waals surface area contributed by atoms with Crippen molar-refractivity contribution in [3.8, 4) is 0 Å². The minimum Gasteiger partial charge on any atom is -0.332 e. The minimum absolute atomic E-state index is 0.948. The van der Waals surface area contributed by atoms with Crippen LogP contribution in [0.15, 0.2) is 0 Å². The molecule has 1 aliphatic rings. The summed E-state index contributed by atoms with van der Waals surface area (Å²) in [6.07, 6.45) is 1.13. The Morgan fingerprint density at radius 3 is 3.17 bits per heavy atom. The molecule has 12 heavy (non-hydrogen) atoms. The van der Waals surface area contributed by atoms with E-state index in [0.717, 1.165) is 31.9 Å². The van der Waals surface area contributed by atoms with Crippen LogP contribution in [0.2, 0.25) is 0 Å². The molecule has 0 radical (unpaired) electrons. The zero-order chi connectivity index (χ0) is 8.55. The van der Waals surface area contributed by atoms with Crippen LogP contribution in [0.1, 0.15) is 24.1 Å². The first-order valence-electron chi connectivity index (χ1n) is 4.58. The lowest BCUT2D eigenvalue weighted by Gasteiger charge is -2.14. The van der Waals surface area contributed by atoms with Crippen molar-refractivity contribution in [3.05, 3.63) is 17.2 Å². The Balaban J connectivity index is 2.46. The zero-order valence-corrected chi connectivity index (χ0v) is 7.72. The van der Waals surface area contributed by atoms with Gasteiger partial charge in [-0.1, -0.05) is 0 Å². The van der Waals surface area contributed by atoms with E-state index in [2.05, 4.69) is 28.7 Å². The second-order valence-corrected chi connectivity index (χ2v) is 3.22. The summed E-state index contributed by atoms with van der Waals surface area (Å²) < 4.78 is 2.32. The summed E-state index contributed by atoms with van der Waals surface area (Å²) in [6.45, 7) is 7.36. The highest BCUT2D eigenvalue weighted by atomic mass is 15.1. The van der Waals surface area contributed by atoms with Gasteiger partial charge in [0.15, 0.2) is 0 Å². The van der Waals surface area contributed by atoms with Crippen LogP contribution < -0.4 is 5.32 Å². The molecule has 0 unspecified atom stereocenters. The highest BCUT2D eigenvalue weighted by molar-refractivity contribution is 5.19. The van der Waals surface area contributed by atoms with Gasteiger partial charge in [-0.15, -0.1) is 0 Å². The van der Waals surface area contributed by atoms with Crippen LogP contribution >= 0.6 is 0 Å². The molecule has 0 fully saturated rings. The summed E-state index contributed by atoms with van der Waals surface area (Å²) in [5, 5.41) is 3.33. The van der Waals surface area contributed by atoms with Crippen molar-refractivity contribution in [3.63, 3.8) is 0 Å². The predicted molar refractivity (Wildman–Crippen MR) is 48.0 cm³/mol. The number of fused-ring (bicyclic) bond motifs is 1. The molecule has 0 amide bonds. The van der Waals surface area contributed by atoms with Crippen LogP contribution in [0.5, 0.6) is 0 Å². The maximum absolute atomic E-state index is 4.52. The Kier molecular flexibility index (Phi) is 1.89. The molecular formula is C9H15N3. The molecule has 0 bridgehead atoms. The second-order valence-electron chi connectivity index (χ2n) is 3.22. The number of nitrogens with zero attached hydrogens (tertiary/aromatic N) is 2. The molecule has 0 spiro atoms. The summed E-state index contributed by atoms with van der Waals surface area (Å²) in [4.78, 5) is 4.52. The van der Waals surface area contributed by atoms with Gasteiger partial charge in [-0.3, -0.25) is 0 Å². The lowest BCUT2D eigenvalue weighted by atomic mass is 10.2. The van der Waals surface area contributed by atoms with Crippen LogP contribution in [0.25, 0.3) is 0 Å². The van der Waals surface area contributed by atoms with Gasteiger partial charge < -0.3 is 9.88 Å². The number of hydrogen-bond donors (Lipinski definition) is 1. The Bertz CT molecular complexity index is 288. The third-order valence-corrected chi connectivity index (χ3v) is 2.49. The maximum Gasteiger partial charge on any atom is 0.106 e. The quantitative estimate of drug-likeness (QED) is 0.668. The molecule has 3 heteroatoms. The molecule has 0 saturated heterocycles. The highest BCUT2D eigenvalue weighted by Crippen LogP contribution is 2.14. The molecular weight excluding hydrogens is 150 g/mol. The number of hydrogen-bond acceptors (Lipinski definition) is 2. The summed E-state index contributed by atoms with van der Waals surface area (Å²) in [6, 6.07) is 0. The molecule has 2 rings (SSSR count). The fourth-order valence-corrected chi connectivity index (χ4v) is 1.93. The van der Waals surface area contributed by atoms with Crippen LogP contribution in [-0.4, -0.2) is 16.1 Å². The minimum atomic E-state index is 0.948. The van der Waals surface area contributed by atoms with E-state index in [1.54, 1.807) is 0 Å². The maximum atomic E-state index is 4.52. The largest absolute Gasteiger partial charge is 0.332 e. The Hall–Kier alpha value is -0.830. The van der Waals surface area contributed by atoms with Crippen molar-refractivity contribution in [2.45, 2.75) is 33.4 Å². The summed E-state index contributed by atoms with van der Waals surface area (Å²) in [5.41, 5.74) is 2.69. The van der Waals surface area contributed by atoms with E-state index < -0.39 is 0 Å². The van der Waals surface area contributed by atoms with E-state index in [9.17, 15) is 0 Å². The smallest absolute Gasteiger partial charge is 0.106 e. The SMILES string of the molecule is CCn1c(C)nc2c1CCNC2. The monoisotopic (exact) mass is 165 g/mol. The average molecular weight is 165 g/mol. The molecule has 66 valence electrons. The number of nitrogens with one attached hydrogen (secondary N) is 1. The van der Waals surface area contributed by atoms with Crippen molar-refractivity contribution in [2.75, 3.05) is 6.54 Å². The van der Waals surface area contributed by atoms with E-state index in [1.807, 2.05) is 0 Å². The number of rotatable bonds is 1. The molecule has 0 aliphatic carbocycles. The van der Waals surface area contributed by atoms with Crippen molar-refractivity contribution in [1.29, 1.82) is 0 Å². The predicted octanol–water partition coefficient (Wildman–Crippen LogP) is 0.857. The van der Waals surface area contributed by atoms with Gasteiger partial charge in [-0.05, 0) is 13.8 Å². The first kappa shape index (κ1) is 7.80. The first-order chi connectivity index (χ1) is 5.83. The van der Waals surface area contributed by atoms with Crippen molar-refractivity contribution in [1.82, 2.24) is 14.9 Å². The van der Waals surface area contributed by atoms with Crippen LogP contribution in [0.3, 0.4) is 0 Å². The first-order valence-corrected chi connectivity index (χ1v) is 4.58. The second kappa shape index (κ2) is 2.90. The van der Waals surface area contributed by atoms with Gasteiger partial charge in [0.2, 0.25) is 0 Å². The molecule has 1 N–H and O–H groups in total. The number of aromatic nitrogens is 2. The van der Waals surface area contributed by atoms with Crippen LogP contribution in [0.4, 0.5) is 0 Å². The normalized spacial score (nSPS) is 16.2. The van der Waals surface area contributed by atoms with Gasteiger partial charge in [-0.2, -0.15) is 0 Å². The number of aryl methyl sites for hydroxylation is 1. The van der Waals surface area contributed by atoms with Gasteiger partial charge in [0.1, 0.15) is 5.82 Å². The van der Waals surface area contributed by atoms with Crippen LogP contribution in [0, 0.1) is 6.92 Å². The van der Waals surface area contributed by atoms with Gasteiger partial charge in [0, 0.05) is 31.7 Å². The lowest BCUT2D eigenvalue weighted by molar-refractivity contribution is 0.594. The van der Waals surface area contributed by atoms with Gasteiger partial charge >= 0.3 is 0 Å².